The summed E-state index contributed by atoms with van der Waals surface area (Å²) < 4.78 is 0. The fraction of sp³-hybridized carbons (Fsp3) is 0.500. The fourth-order valence-corrected chi connectivity index (χ4v) is 8.11. The van der Waals surface area contributed by atoms with Gasteiger partial charge >= 0.3 is 5.97 Å². The van der Waals surface area contributed by atoms with Crippen molar-refractivity contribution in [3.63, 3.8) is 0 Å². The number of rotatable bonds is 4. The summed E-state index contributed by atoms with van der Waals surface area (Å²) in [6.07, 6.45) is -1.42. The Bertz CT molecular complexity index is 484. The van der Waals surface area contributed by atoms with Crippen molar-refractivity contribution in [2.24, 2.45) is 0 Å². The minimum Gasteiger partial charge on any atom is -0.479 e. The van der Waals surface area contributed by atoms with E-state index in [9.17, 15) is 9.90 Å². The van der Waals surface area contributed by atoms with Crippen LogP contribution in [0.1, 0.15) is 11.7 Å². The first-order valence-corrected chi connectivity index (χ1v) is 13.5. The highest BCUT2D eigenvalue weighted by atomic mass is 28.3. The number of carboxylic acids is 1. The Hall–Kier alpha value is -0.916. The molecular formula is C14H24O3Si2. The molecule has 1 aromatic carbocycles. The third-order valence-corrected chi connectivity index (χ3v) is 7.52. The summed E-state index contributed by atoms with van der Waals surface area (Å²) in [5, 5.41) is 21.5. The van der Waals surface area contributed by atoms with Crippen LogP contribution in [-0.2, 0) is 4.79 Å². The topological polar surface area (TPSA) is 57.5 Å². The predicted octanol–water partition coefficient (Wildman–Crippen LogP) is 1.89. The first kappa shape index (κ1) is 16.1. The molecule has 1 atom stereocenters. The van der Waals surface area contributed by atoms with E-state index in [0.717, 1.165) is 5.19 Å². The molecule has 1 unspecified atom stereocenters. The molecule has 5 heteroatoms. The van der Waals surface area contributed by atoms with Gasteiger partial charge in [0.2, 0.25) is 0 Å². The molecule has 0 aliphatic heterocycles. The molecule has 0 saturated heterocycles. The van der Waals surface area contributed by atoms with E-state index in [0.29, 0.717) is 5.56 Å². The second kappa shape index (κ2) is 5.22. The van der Waals surface area contributed by atoms with Crippen LogP contribution >= 0.6 is 0 Å². The standard InChI is InChI=1S/C14H24O3Si2/c1-18(2,3)11-9-7-8-10(12(15)14(16)17)13(11)19(4,5)6/h7-9,12,15H,1-6H3,(H,16,17). The van der Waals surface area contributed by atoms with Crippen LogP contribution in [0.15, 0.2) is 18.2 Å². The van der Waals surface area contributed by atoms with E-state index in [1.807, 2.05) is 6.07 Å². The lowest BCUT2D eigenvalue weighted by molar-refractivity contribution is -0.146. The average molecular weight is 297 g/mol. The zero-order valence-electron chi connectivity index (χ0n) is 12.6. The maximum atomic E-state index is 11.1. The molecular weight excluding hydrogens is 272 g/mol. The van der Waals surface area contributed by atoms with Gasteiger partial charge in [-0.2, -0.15) is 0 Å². The Kier molecular flexibility index (Phi) is 4.44. The summed E-state index contributed by atoms with van der Waals surface area (Å²) in [4.78, 5) is 11.1. The van der Waals surface area contributed by atoms with Gasteiger partial charge in [-0.15, -0.1) is 0 Å². The minimum absolute atomic E-state index is 0.589. The van der Waals surface area contributed by atoms with E-state index in [1.165, 1.54) is 5.19 Å². The molecule has 0 bridgehead atoms. The second-order valence-electron chi connectivity index (χ2n) is 7.01. The normalized spacial score (nSPS) is 14.3. The molecule has 0 fully saturated rings. The quantitative estimate of drug-likeness (QED) is 0.834. The van der Waals surface area contributed by atoms with Crippen LogP contribution in [-0.4, -0.2) is 32.3 Å². The van der Waals surface area contributed by atoms with Crippen molar-refractivity contribution in [1.29, 1.82) is 0 Å². The zero-order chi connectivity index (χ0) is 15.0. The van der Waals surface area contributed by atoms with Crippen LogP contribution in [0.2, 0.25) is 39.3 Å². The number of hydrogen-bond acceptors (Lipinski definition) is 2. The van der Waals surface area contributed by atoms with Gasteiger partial charge in [-0.3, -0.25) is 0 Å². The lowest BCUT2D eigenvalue weighted by atomic mass is 10.1. The highest BCUT2D eigenvalue weighted by Crippen LogP contribution is 2.16. The molecule has 1 rings (SSSR count). The molecule has 1 aromatic rings. The second-order valence-corrected chi connectivity index (χ2v) is 17.0. The van der Waals surface area contributed by atoms with Gasteiger partial charge < -0.3 is 10.2 Å². The van der Waals surface area contributed by atoms with Gasteiger partial charge in [0, 0.05) is 0 Å². The Morgan fingerprint density at radius 2 is 1.58 bits per heavy atom. The Balaban J connectivity index is 3.62. The average Bonchev–Trinajstić information content (AvgIpc) is 2.24. The van der Waals surface area contributed by atoms with Crippen LogP contribution in [0.5, 0.6) is 0 Å². The molecule has 0 aliphatic rings. The first-order chi connectivity index (χ1) is 8.46. The molecule has 0 heterocycles. The highest BCUT2D eigenvalue weighted by molar-refractivity contribution is 6.98. The molecule has 106 valence electrons. The minimum atomic E-state index is -1.73. The molecule has 0 radical (unpaired) electrons. The van der Waals surface area contributed by atoms with Gasteiger partial charge in [-0.1, -0.05) is 67.9 Å². The zero-order valence-corrected chi connectivity index (χ0v) is 14.6. The number of benzene rings is 1. The van der Waals surface area contributed by atoms with Gasteiger partial charge in [0.25, 0.3) is 0 Å². The van der Waals surface area contributed by atoms with Gasteiger partial charge in [-0.05, 0) is 5.56 Å². The van der Waals surface area contributed by atoms with E-state index in [2.05, 4.69) is 45.3 Å². The van der Waals surface area contributed by atoms with Crippen molar-refractivity contribution in [3.05, 3.63) is 23.8 Å². The smallest absolute Gasteiger partial charge is 0.337 e. The van der Waals surface area contributed by atoms with Crippen LogP contribution in [0.25, 0.3) is 0 Å². The fourth-order valence-electron chi connectivity index (χ4n) is 2.39. The number of carboxylic acid groups (broad SMARTS) is 1. The van der Waals surface area contributed by atoms with Crippen molar-refractivity contribution in [2.75, 3.05) is 0 Å². The summed E-state index contributed by atoms with van der Waals surface area (Å²) in [5.41, 5.74) is 0.589. The molecule has 0 spiro atoms. The molecule has 0 aromatic heterocycles. The summed E-state index contributed by atoms with van der Waals surface area (Å²) in [6, 6.07) is 5.74. The summed E-state index contributed by atoms with van der Waals surface area (Å²) in [5.74, 6) is -1.17. The van der Waals surface area contributed by atoms with Crippen LogP contribution < -0.4 is 10.4 Å². The third kappa shape index (κ3) is 3.55. The lowest BCUT2D eigenvalue weighted by Crippen LogP contribution is -2.58. The van der Waals surface area contributed by atoms with E-state index in [-0.39, 0.29) is 0 Å². The maximum absolute atomic E-state index is 11.1. The predicted molar refractivity (Wildman–Crippen MR) is 85.0 cm³/mol. The SMILES string of the molecule is C[Si](C)(C)c1cccc(C(O)C(=O)O)c1[Si](C)(C)C. The number of aliphatic hydroxyl groups excluding tert-OH is 1. The van der Waals surface area contributed by atoms with Crippen molar-refractivity contribution in [3.8, 4) is 0 Å². The Labute approximate surface area is 117 Å². The van der Waals surface area contributed by atoms with Crippen molar-refractivity contribution in [2.45, 2.75) is 45.4 Å². The van der Waals surface area contributed by atoms with Gasteiger partial charge in [0.1, 0.15) is 0 Å². The molecule has 2 N–H and O–H groups in total. The van der Waals surface area contributed by atoms with Crippen molar-refractivity contribution < 1.29 is 15.0 Å². The van der Waals surface area contributed by atoms with E-state index < -0.39 is 28.2 Å². The molecule has 3 nitrogen and oxygen atoms in total. The maximum Gasteiger partial charge on any atom is 0.337 e. The largest absolute Gasteiger partial charge is 0.479 e. The van der Waals surface area contributed by atoms with Crippen molar-refractivity contribution >= 4 is 32.5 Å². The number of aliphatic hydroxyl groups is 1. The number of hydrogen-bond donors (Lipinski definition) is 2. The molecule has 19 heavy (non-hydrogen) atoms. The van der Waals surface area contributed by atoms with E-state index in [1.54, 1.807) is 6.07 Å². The highest BCUT2D eigenvalue weighted by Gasteiger charge is 2.32. The van der Waals surface area contributed by atoms with Gasteiger partial charge in [0.15, 0.2) is 6.10 Å². The van der Waals surface area contributed by atoms with E-state index >= 15 is 0 Å². The Morgan fingerprint density at radius 3 is 1.95 bits per heavy atom. The van der Waals surface area contributed by atoms with Gasteiger partial charge in [0.05, 0.1) is 16.1 Å². The van der Waals surface area contributed by atoms with Crippen LogP contribution in [0.4, 0.5) is 0 Å². The summed E-state index contributed by atoms with van der Waals surface area (Å²) in [6.45, 7) is 13.4. The summed E-state index contributed by atoms with van der Waals surface area (Å²) >= 11 is 0. The third-order valence-electron chi connectivity index (χ3n) is 3.18. The Morgan fingerprint density at radius 1 is 1.05 bits per heavy atom. The molecule has 0 saturated carbocycles. The monoisotopic (exact) mass is 296 g/mol. The first-order valence-electron chi connectivity index (χ1n) is 6.51. The van der Waals surface area contributed by atoms with Crippen LogP contribution in [0, 0.1) is 0 Å². The molecule has 0 aliphatic carbocycles. The lowest BCUT2D eigenvalue weighted by Gasteiger charge is -2.31. The number of aliphatic carboxylic acids is 1. The number of carbonyl (C=O) groups is 1. The summed E-state index contributed by atoms with van der Waals surface area (Å²) in [7, 11) is -3.30. The van der Waals surface area contributed by atoms with Gasteiger partial charge in [-0.25, -0.2) is 4.79 Å². The molecule has 0 amide bonds. The van der Waals surface area contributed by atoms with E-state index in [4.69, 9.17) is 5.11 Å². The van der Waals surface area contributed by atoms with Crippen molar-refractivity contribution in [1.82, 2.24) is 0 Å². The van der Waals surface area contributed by atoms with Crippen LogP contribution in [0.3, 0.4) is 0 Å².